The molecule has 0 aromatic rings. The van der Waals surface area contributed by atoms with Crippen LogP contribution in [0.25, 0.3) is 0 Å². The van der Waals surface area contributed by atoms with Crippen LogP contribution in [0.3, 0.4) is 0 Å². The molecule has 1 N–H and O–H groups in total. The van der Waals surface area contributed by atoms with Crippen molar-refractivity contribution in [3.63, 3.8) is 0 Å². The fourth-order valence-corrected chi connectivity index (χ4v) is 2.43. The number of hydrogen-bond acceptors (Lipinski definition) is 2. The molecule has 1 atom stereocenters. The molecule has 0 bridgehead atoms. The molecule has 0 fully saturated rings. The summed E-state index contributed by atoms with van der Waals surface area (Å²) in [6, 6.07) is 0. The molecule has 0 aromatic carbocycles. The van der Waals surface area contributed by atoms with Crippen LogP contribution in [-0.2, 0) is 10.0 Å². The molecule has 0 aromatic heterocycles. The van der Waals surface area contributed by atoms with Crippen LogP contribution in [0, 0.1) is 0 Å². The zero-order valence-corrected chi connectivity index (χ0v) is 9.67. The minimum atomic E-state index is -2.62. The predicted octanol–water partition coefficient (Wildman–Crippen LogP) is 1.94. The Morgan fingerprint density at radius 3 is 2.21 bits per heavy atom. The Balaban J connectivity index is 3.55. The van der Waals surface area contributed by atoms with Gasteiger partial charge in [0.1, 0.15) is 0 Å². The molecule has 0 saturated carbocycles. The fourth-order valence-electron chi connectivity index (χ4n) is 1.62. The summed E-state index contributed by atoms with van der Waals surface area (Å²) < 4.78 is 22.2. The third kappa shape index (κ3) is 1.31. The molecule has 14 heavy (non-hydrogen) atoms. The van der Waals surface area contributed by atoms with Gasteiger partial charge in [-0.1, -0.05) is 15.9 Å². The van der Waals surface area contributed by atoms with Crippen LogP contribution in [0.2, 0.25) is 0 Å². The molecule has 5 heteroatoms. The van der Waals surface area contributed by atoms with E-state index in [0.29, 0.717) is 5.06 Å². The minimum Gasteiger partial charge on any atom is -0.478 e. The second-order valence-electron chi connectivity index (χ2n) is 3.92. The van der Waals surface area contributed by atoms with Gasteiger partial charge in [0.2, 0.25) is 0 Å². The third-order valence-corrected chi connectivity index (χ3v) is 3.56. The number of nitrogens with zero attached hydrogens (tertiary/aromatic N) is 1. The van der Waals surface area contributed by atoms with E-state index in [1.165, 1.54) is 20.8 Å². The van der Waals surface area contributed by atoms with Crippen LogP contribution >= 0.6 is 15.9 Å². The molecule has 1 radical (unpaired) electrons. The standard InChI is InChI=1S/C9H13BrNO3/c1-8(2)5(7(12)13)6(10)9(3,4)11(8)14/h1-4H3,(H,12,13)/i3D3. The molecule has 1 rings (SSSR count). The Labute approximate surface area is 95.5 Å². The van der Waals surface area contributed by atoms with Crippen molar-refractivity contribution >= 4 is 21.9 Å². The van der Waals surface area contributed by atoms with Crippen molar-refractivity contribution in [3.05, 3.63) is 10.1 Å². The lowest BCUT2D eigenvalue weighted by atomic mass is 9.97. The van der Waals surface area contributed by atoms with Gasteiger partial charge in [-0.15, -0.1) is 10.3 Å². The summed E-state index contributed by atoms with van der Waals surface area (Å²) in [5.74, 6) is -1.30. The summed E-state index contributed by atoms with van der Waals surface area (Å²) in [6.07, 6.45) is 0. The number of carbonyl (C=O) groups is 1. The van der Waals surface area contributed by atoms with Crippen molar-refractivity contribution < 1.29 is 19.2 Å². The van der Waals surface area contributed by atoms with Crippen LogP contribution in [-0.4, -0.2) is 27.2 Å². The SMILES string of the molecule is [2H]C([2H])([2H])C1(C)C(Br)=C(C(=O)O)C(C)(C)N1[O]. The number of aliphatic carboxylic acids is 1. The topological polar surface area (TPSA) is 60.4 Å². The highest BCUT2D eigenvalue weighted by Crippen LogP contribution is 2.46. The summed E-state index contributed by atoms with van der Waals surface area (Å²) in [5, 5.41) is 21.6. The Bertz CT molecular complexity index is 405. The molecule has 0 saturated heterocycles. The van der Waals surface area contributed by atoms with Crippen molar-refractivity contribution in [1.29, 1.82) is 0 Å². The van der Waals surface area contributed by atoms with Crippen molar-refractivity contribution in [1.82, 2.24) is 5.06 Å². The summed E-state index contributed by atoms with van der Waals surface area (Å²) in [5.41, 5.74) is -3.48. The lowest BCUT2D eigenvalue weighted by molar-refractivity contribution is -0.239. The van der Waals surface area contributed by atoms with Gasteiger partial charge in [0, 0.05) is 8.59 Å². The normalized spacial score (nSPS) is 36.5. The minimum absolute atomic E-state index is 0.0856. The Kier molecular flexibility index (Phi) is 1.71. The Hall–Kier alpha value is -0.390. The van der Waals surface area contributed by atoms with Crippen molar-refractivity contribution in [3.8, 4) is 0 Å². The van der Waals surface area contributed by atoms with Gasteiger partial charge in [0.05, 0.1) is 16.7 Å². The van der Waals surface area contributed by atoms with Crippen LogP contribution in [0.1, 0.15) is 31.7 Å². The average molecular weight is 266 g/mol. The smallest absolute Gasteiger partial charge is 0.334 e. The maximum absolute atomic E-state index is 12.1. The zero-order chi connectivity index (χ0) is 13.8. The van der Waals surface area contributed by atoms with E-state index in [2.05, 4.69) is 15.9 Å². The lowest BCUT2D eigenvalue weighted by Crippen LogP contribution is -2.48. The van der Waals surface area contributed by atoms with E-state index in [1.807, 2.05) is 0 Å². The summed E-state index contributed by atoms with van der Waals surface area (Å²) in [4.78, 5) is 11.2. The number of halogens is 1. The third-order valence-electron chi connectivity index (χ3n) is 2.39. The van der Waals surface area contributed by atoms with Crippen LogP contribution in [0.5, 0.6) is 0 Å². The molecule has 0 spiro atoms. The van der Waals surface area contributed by atoms with Crippen molar-refractivity contribution in [2.45, 2.75) is 38.7 Å². The highest BCUT2D eigenvalue weighted by molar-refractivity contribution is 9.11. The number of rotatable bonds is 1. The average Bonchev–Trinajstić information content (AvgIpc) is 2.24. The van der Waals surface area contributed by atoms with Crippen LogP contribution in [0.15, 0.2) is 10.1 Å². The van der Waals surface area contributed by atoms with E-state index < -0.39 is 23.9 Å². The van der Waals surface area contributed by atoms with E-state index in [4.69, 9.17) is 9.22 Å². The second-order valence-corrected chi connectivity index (χ2v) is 4.71. The molecule has 0 aliphatic carbocycles. The first-order chi connectivity index (χ1) is 7.38. The lowest BCUT2D eigenvalue weighted by Gasteiger charge is -2.33. The number of hydrogen-bond donors (Lipinski definition) is 1. The van der Waals surface area contributed by atoms with Gasteiger partial charge in [-0.3, -0.25) is 0 Å². The van der Waals surface area contributed by atoms with Gasteiger partial charge in [-0.25, -0.2) is 4.79 Å². The maximum Gasteiger partial charge on any atom is 0.334 e. The summed E-state index contributed by atoms with van der Waals surface area (Å²) in [6.45, 7) is 1.38. The van der Waals surface area contributed by atoms with E-state index in [0.717, 1.165) is 0 Å². The molecular weight excluding hydrogens is 250 g/mol. The first kappa shape index (κ1) is 7.84. The first-order valence-corrected chi connectivity index (χ1v) is 4.79. The van der Waals surface area contributed by atoms with E-state index in [1.54, 1.807) is 0 Å². The maximum atomic E-state index is 12.1. The largest absolute Gasteiger partial charge is 0.478 e. The van der Waals surface area contributed by atoms with Crippen molar-refractivity contribution in [2.75, 3.05) is 0 Å². The van der Waals surface area contributed by atoms with Gasteiger partial charge in [-0.2, -0.15) is 0 Å². The summed E-state index contributed by atoms with van der Waals surface area (Å²) in [7, 11) is 0. The highest BCUT2D eigenvalue weighted by atomic mass is 79.9. The molecule has 1 heterocycles. The van der Waals surface area contributed by atoms with E-state index in [-0.39, 0.29) is 10.1 Å². The zero-order valence-electron chi connectivity index (χ0n) is 11.1. The van der Waals surface area contributed by atoms with Crippen molar-refractivity contribution in [2.24, 2.45) is 0 Å². The molecule has 79 valence electrons. The molecule has 4 nitrogen and oxygen atoms in total. The van der Waals surface area contributed by atoms with Gasteiger partial charge in [0.25, 0.3) is 0 Å². The van der Waals surface area contributed by atoms with Gasteiger partial charge < -0.3 is 5.11 Å². The van der Waals surface area contributed by atoms with E-state index in [9.17, 15) is 10.0 Å². The van der Waals surface area contributed by atoms with Crippen LogP contribution < -0.4 is 0 Å². The molecule has 1 aliphatic heterocycles. The quantitative estimate of drug-likeness (QED) is 0.788. The fraction of sp³-hybridized carbons (Fsp3) is 0.667. The van der Waals surface area contributed by atoms with E-state index >= 15 is 0 Å². The number of carboxylic acids is 1. The van der Waals surface area contributed by atoms with Gasteiger partial charge in [0.15, 0.2) is 0 Å². The molecule has 1 unspecified atom stereocenters. The molecular formula is C9H13BrNO3. The van der Waals surface area contributed by atoms with Gasteiger partial charge in [-0.05, 0) is 27.6 Å². The molecule has 1 aliphatic rings. The first-order valence-electron chi connectivity index (χ1n) is 5.50. The van der Waals surface area contributed by atoms with Crippen LogP contribution in [0.4, 0.5) is 0 Å². The number of hydroxylamine groups is 2. The second kappa shape index (κ2) is 3.05. The summed E-state index contributed by atoms with van der Waals surface area (Å²) >= 11 is 2.98. The Morgan fingerprint density at radius 1 is 1.50 bits per heavy atom. The molecule has 0 amide bonds. The Morgan fingerprint density at radius 2 is 2.00 bits per heavy atom. The predicted molar refractivity (Wildman–Crippen MR) is 54.3 cm³/mol. The number of carboxylic acid groups (broad SMARTS) is 1. The monoisotopic (exact) mass is 265 g/mol. The van der Waals surface area contributed by atoms with Gasteiger partial charge >= 0.3 is 5.97 Å². The highest BCUT2D eigenvalue weighted by Gasteiger charge is 2.53.